The first kappa shape index (κ1) is 12.5. The minimum absolute atomic E-state index is 0.255. The first-order valence-electron chi connectivity index (χ1n) is 5.26. The lowest BCUT2D eigenvalue weighted by Gasteiger charge is -2.29. The van der Waals surface area contributed by atoms with Gasteiger partial charge in [0, 0.05) is 12.2 Å². The molecule has 1 aliphatic rings. The van der Waals surface area contributed by atoms with Gasteiger partial charge in [-0.05, 0) is 18.2 Å². The predicted molar refractivity (Wildman–Crippen MR) is 59.4 cm³/mol. The molecule has 0 spiro atoms. The molecule has 18 heavy (non-hydrogen) atoms. The topological polar surface area (TPSA) is 55.6 Å². The van der Waals surface area contributed by atoms with Crippen molar-refractivity contribution in [3.63, 3.8) is 0 Å². The van der Waals surface area contributed by atoms with E-state index in [1.165, 1.54) is 12.1 Å². The zero-order valence-corrected chi connectivity index (χ0v) is 9.33. The summed E-state index contributed by atoms with van der Waals surface area (Å²) in [6.07, 6.45) is -5.37. The summed E-state index contributed by atoms with van der Waals surface area (Å²) in [5, 5.41) is 0. The number of nitrogens with two attached hydrogens (primary N) is 1. The molecule has 2 N–H and O–H groups in total. The van der Waals surface area contributed by atoms with Crippen molar-refractivity contribution < 1.29 is 22.7 Å². The summed E-state index contributed by atoms with van der Waals surface area (Å²) in [6.45, 7) is -0.684. The number of ether oxygens (including phenoxy) is 1. The first-order valence-corrected chi connectivity index (χ1v) is 5.26. The second kappa shape index (κ2) is 4.40. The molecule has 98 valence electrons. The Morgan fingerprint density at radius 1 is 1.39 bits per heavy atom. The highest BCUT2D eigenvalue weighted by molar-refractivity contribution is 5.98. The maximum atomic E-state index is 12.2. The molecule has 0 saturated carbocycles. The minimum Gasteiger partial charge on any atom is -0.482 e. The van der Waals surface area contributed by atoms with E-state index < -0.39 is 25.0 Å². The number of hydrogen-bond donors (Lipinski definition) is 1. The van der Waals surface area contributed by atoms with Crippen LogP contribution in [-0.4, -0.2) is 25.2 Å². The molecule has 4 nitrogen and oxygen atoms in total. The third kappa shape index (κ3) is 2.66. The van der Waals surface area contributed by atoms with E-state index in [2.05, 4.69) is 0 Å². The fourth-order valence-corrected chi connectivity index (χ4v) is 1.70. The molecule has 2 rings (SSSR count). The third-order valence-electron chi connectivity index (χ3n) is 2.54. The van der Waals surface area contributed by atoms with Crippen molar-refractivity contribution in [1.29, 1.82) is 0 Å². The van der Waals surface area contributed by atoms with Crippen LogP contribution in [0.5, 0.6) is 5.75 Å². The Labute approximate surface area is 101 Å². The smallest absolute Gasteiger partial charge is 0.390 e. The van der Waals surface area contributed by atoms with E-state index in [9.17, 15) is 18.0 Å². The van der Waals surface area contributed by atoms with E-state index in [0.717, 1.165) is 4.90 Å². The molecule has 0 bridgehead atoms. The van der Waals surface area contributed by atoms with Gasteiger partial charge < -0.3 is 15.4 Å². The van der Waals surface area contributed by atoms with Gasteiger partial charge in [0.15, 0.2) is 6.61 Å². The second-order valence-corrected chi connectivity index (χ2v) is 3.93. The van der Waals surface area contributed by atoms with Gasteiger partial charge >= 0.3 is 6.18 Å². The van der Waals surface area contributed by atoms with Crippen LogP contribution in [0.3, 0.4) is 0 Å². The van der Waals surface area contributed by atoms with Crippen molar-refractivity contribution in [2.24, 2.45) is 0 Å². The standard InChI is InChI=1S/C11H11F3N2O2/c12-11(13,14)3-4-16-8-5-7(15)1-2-9(8)18-6-10(16)17/h1-2,5H,3-4,6,15H2. The van der Waals surface area contributed by atoms with Crippen molar-refractivity contribution in [3.05, 3.63) is 18.2 Å². The minimum atomic E-state index is -4.31. The SMILES string of the molecule is Nc1ccc2c(c1)N(CCC(F)(F)F)C(=O)CO2. The van der Waals surface area contributed by atoms with E-state index >= 15 is 0 Å². The lowest BCUT2D eigenvalue weighted by Crippen LogP contribution is -2.40. The van der Waals surface area contributed by atoms with Crippen LogP contribution in [0, 0.1) is 0 Å². The quantitative estimate of drug-likeness (QED) is 0.827. The fraction of sp³-hybridized carbons (Fsp3) is 0.364. The lowest BCUT2D eigenvalue weighted by molar-refractivity contribution is -0.134. The van der Waals surface area contributed by atoms with E-state index in [4.69, 9.17) is 10.5 Å². The molecule has 0 radical (unpaired) electrons. The first-order chi connectivity index (χ1) is 8.37. The summed E-state index contributed by atoms with van der Waals surface area (Å²) in [5.74, 6) is -0.136. The number of amides is 1. The number of benzene rings is 1. The Morgan fingerprint density at radius 2 is 2.11 bits per heavy atom. The summed E-state index contributed by atoms with van der Waals surface area (Å²) in [6, 6.07) is 4.54. The van der Waals surface area contributed by atoms with E-state index in [1.54, 1.807) is 6.07 Å². The largest absolute Gasteiger partial charge is 0.482 e. The molecule has 0 aliphatic carbocycles. The summed E-state index contributed by atoms with van der Waals surface area (Å²) in [7, 11) is 0. The highest BCUT2D eigenvalue weighted by Crippen LogP contribution is 2.34. The number of rotatable bonds is 2. The number of nitrogens with zero attached hydrogens (tertiary/aromatic N) is 1. The van der Waals surface area contributed by atoms with Gasteiger partial charge in [-0.3, -0.25) is 4.79 Å². The van der Waals surface area contributed by atoms with Gasteiger partial charge in [-0.25, -0.2) is 0 Å². The van der Waals surface area contributed by atoms with Crippen molar-refractivity contribution in [2.45, 2.75) is 12.6 Å². The molecular weight excluding hydrogens is 249 g/mol. The molecule has 0 saturated heterocycles. The number of nitrogen functional groups attached to an aromatic ring is 1. The number of halogens is 3. The fourth-order valence-electron chi connectivity index (χ4n) is 1.70. The molecule has 1 aliphatic heterocycles. The average Bonchev–Trinajstić information content (AvgIpc) is 2.26. The van der Waals surface area contributed by atoms with Crippen LogP contribution in [0.25, 0.3) is 0 Å². The average molecular weight is 260 g/mol. The highest BCUT2D eigenvalue weighted by atomic mass is 19.4. The zero-order chi connectivity index (χ0) is 13.3. The van der Waals surface area contributed by atoms with Crippen molar-refractivity contribution in [3.8, 4) is 5.75 Å². The van der Waals surface area contributed by atoms with Gasteiger partial charge in [0.1, 0.15) is 5.75 Å². The maximum Gasteiger partial charge on any atom is 0.390 e. The van der Waals surface area contributed by atoms with E-state index in [1.807, 2.05) is 0 Å². The number of carbonyl (C=O) groups excluding carboxylic acids is 1. The van der Waals surface area contributed by atoms with Gasteiger partial charge in [0.05, 0.1) is 12.1 Å². The molecule has 0 fully saturated rings. The van der Waals surface area contributed by atoms with E-state index in [0.29, 0.717) is 11.4 Å². The zero-order valence-electron chi connectivity index (χ0n) is 9.33. The molecule has 0 unspecified atom stereocenters. The second-order valence-electron chi connectivity index (χ2n) is 3.93. The maximum absolute atomic E-state index is 12.2. The molecule has 1 aromatic rings. The van der Waals surface area contributed by atoms with Gasteiger partial charge in [0.2, 0.25) is 0 Å². The predicted octanol–water partition coefficient (Wildman–Crippen LogP) is 1.95. The van der Waals surface area contributed by atoms with Gasteiger partial charge in [0.25, 0.3) is 5.91 Å². The number of alkyl halides is 3. The lowest BCUT2D eigenvalue weighted by atomic mass is 10.2. The molecular formula is C11H11F3N2O2. The van der Waals surface area contributed by atoms with Gasteiger partial charge in [-0.1, -0.05) is 0 Å². The summed E-state index contributed by atoms with van der Waals surface area (Å²) in [5.41, 5.74) is 6.21. The van der Waals surface area contributed by atoms with Crippen LogP contribution >= 0.6 is 0 Å². The Kier molecular flexibility index (Phi) is 3.06. The summed E-state index contributed by atoms with van der Waals surface area (Å²) < 4.78 is 41.7. The molecule has 1 amide bonds. The van der Waals surface area contributed by atoms with Crippen LogP contribution in [0.1, 0.15) is 6.42 Å². The van der Waals surface area contributed by atoms with Crippen LogP contribution < -0.4 is 15.4 Å². The number of hydrogen-bond acceptors (Lipinski definition) is 3. The Morgan fingerprint density at radius 3 is 2.78 bits per heavy atom. The number of fused-ring (bicyclic) bond motifs is 1. The molecule has 0 atom stereocenters. The number of carbonyl (C=O) groups is 1. The normalized spacial score (nSPS) is 15.3. The van der Waals surface area contributed by atoms with E-state index in [-0.39, 0.29) is 12.3 Å². The molecule has 0 aromatic heterocycles. The molecule has 1 heterocycles. The Bertz CT molecular complexity index is 474. The van der Waals surface area contributed by atoms with Gasteiger partial charge in [-0.15, -0.1) is 0 Å². The Balaban J connectivity index is 2.24. The monoisotopic (exact) mass is 260 g/mol. The van der Waals surface area contributed by atoms with Crippen LogP contribution in [0.4, 0.5) is 24.5 Å². The summed E-state index contributed by atoms with van der Waals surface area (Å²) in [4.78, 5) is 12.6. The third-order valence-corrected chi connectivity index (χ3v) is 2.54. The van der Waals surface area contributed by atoms with Crippen molar-refractivity contribution in [1.82, 2.24) is 0 Å². The van der Waals surface area contributed by atoms with Crippen molar-refractivity contribution in [2.75, 3.05) is 23.8 Å². The molecule has 1 aromatic carbocycles. The summed E-state index contributed by atoms with van der Waals surface area (Å²) >= 11 is 0. The van der Waals surface area contributed by atoms with Crippen LogP contribution in [0.2, 0.25) is 0 Å². The van der Waals surface area contributed by atoms with Crippen LogP contribution in [0.15, 0.2) is 18.2 Å². The van der Waals surface area contributed by atoms with Gasteiger partial charge in [-0.2, -0.15) is 13.2 Å². The van der Waals surface area contributed by atoms with Crippen molar-refractivity contribution >= 4 is 17.3 Å². The Hall–Kier alpha value is -1.92. The highest BCUT2D eigenvalue weighted by Gasteiger charge is 2.32. The molecule has 7 heteroatoms. The van der Waals surface area contributed by atoms with Crippen LogP contribution in [-0.2, 0) is 4.79 Å². The number of anilines is 2.